The Morgan fingerprint density at radius 2 is 1.32 bits per heavy atom. The summed E-state index contributed by atoms with van der Waals surface area (Å²) in [4.78, 5) is 23.7. The minimum absolute atomic E-state index is 0.112. The van der Waals surface area contributed by atoms with E-state index < -0.39 is 12.0 Å². The molecule has 0 bridgehead atoms. The molecule has 3 atom stereocenters. The smallest absolute Gasteiger partial charge is 0.323 e. The molecule has 0 saturated heterocycles. The molecule has 2 N–H and O–H groups in total. The molecule has 5 nitrogen and oxygen atoms in total. The maximum atomic E-state index is 11.9. The molecule has 130 valence electrons. The Labute approximate surface area is 134 Å². The minimum Gasteiger partial charge on any atom is -0.462 e. The van der Waals surface area contributed by atoms with Crippen LogP contribution in [0, 0.1) is 10.8 Å². The van der Waals surface area contributed by atoms with Gasteiger partial charge in [-0.3, -0.25) is 9.59 Å². The fourth-order valence-corrected chi connectivity index (χ4v) is 1.26. The van der Waals surface area contributed by atoms with Crippen molar-refractivity contribution in [1.82, 2.24) is 0 Å². The molecule has 0 aliphatic rings. The van der Waals surface area contributed by atoms with Crippen molar-refractivity contribution in [1.29, 1.82) is 0 Å². The lowest BCUT2D eigenvalue weighted by Gasteiger charge is -2.28. The second kappa shape index (κ2) is 7.95. The van der Waals surface area contributed by atoms with Gasteiger partial charge < -0.3 is 15.2 Å². The first-order valence-corrected chi connectivity index (χ1v) is 7.90. The summed E-state index contributed by atoms with van der Waals surface area (Å²) in [6.07, 6.45) is -0.0885. The average Bonchev–Trinajstić information content (AvgIpc) is 2.33. The number of ether oxygens (including phenoxy) is 2. The van der Waals surface area contributed by atoms with Gasteiger partial charge >= 0.3 is 11.9 Å². The largest absolute Gasteiger partial charge is 0.462 e. The Kier molecular flexibility index (Phi) is 7.55. The maximum absolute atomic E-state index is 11.9. The van der Waals surface area contributed by atoms with E-state index >= 15 is 0 Å². The van der Waals surface area contributed by atoms with Gasteiger partial charge in [0, 0.05) is 6.42 Å². The molecule has 0 aliphatic heterocycles. The molecule has 22 heavy (non-hydrogen) atoms. The van der Waals surface area contributed by atoms with E-state index in [1.807, 2.05) is 55.4 Å². The number of hydrogen-bond acceptors (Lipinski definition) is 5. The molecule has 0 aromatic heterocycles. The van der Waals surface area contributed by atoms with Crippen LogP contribution in [0.15, 0.2) is 0 Å². The molecule has 0 radical (unpaired) electrons. The molecule has 0 unspecified atom stereocenters. The maximum Gasteiger partial charge on any atom is 0.323 e. The molecule has 0 amide bonds. The number of nitrogens with two attached hydrogens (primary N) is 1. The molecule has 0 heterocycles. The van der Waals surface area contributed by atoms with Crippen LogP contribution in [0.25, 0.3) is 0 Å². The standard InChI is InChI=1S/C17H33NO4/c1-11(16(3,4)5)21-14(19)10-9-13(18)15(20)22-12(2)17(6,7)8/h11-13H,9-10,18H2,1-8H3/t11-,12-,13-/m1/s1. The van der Waals surface area contributed by atoms with E-state index in [0.29, 0.717) is 0 Å². The van der Waals surface area contributed by atoms with Crippen LogP contribution in [0.3, 0.4) is 0 Å². The number of carbonyl (C=O) groups is 2. The third-order valence-corrected chi connectivity index (χ3v) is 4.00. The van der Waals surface area contributed by atoms with Crippen molar-refractivity contribution >= 4 is 11.9 Å². The van der Waals surface area contributed by atoms with E-state index in [0.717, 1.165) is 0 Å². The van der Waals surface area contributed by atoms with Gasteiger partial charge in [-0.1, -0.05) is 41.5 Å². The Morgan fingerprint density at radius 3 is 1.73 bits per heavy atom. The van der Waals surface area contributed by atoms with Gasteiger partial charge in [0.2, 0.25) is 0 Å². The van der Waals surface area contributed by atoms with Gasteiger partial charge in [-0.05, 0) is 31.1 Å². The van der Waals surface area contributed by atoms with Gasteiger partial charge in [0.15, 0.2) is 0 Å². The normalized spacial score (nSPS) is 16.6. The van der Waals surface area contributed by atoms with Crippen LogP contribution in [-0.2, 0) is 19.1 Å². The Morgan fingerprint density at radius 1 is 0.909 bits per heavy atom. The first-order valence-electron chi connectivity index (χ1n) is 7.90. The lowest BCUT2D eigenvalue weighted by Crippen LogP contribution is -2.38. The summed E-state index contributed by atoms with van der Waals surface area (Å²) in [7, 11) is 0. The van der Waals surface area contributed by atoms with Crippen molar-refractivity contribution in [3.05, 3.63) is 0 Å². The van der Waals surface area contributed by atoms with Gasteiger partial charge in [0.05, 0.1) is 0 Å². The molecule has 0 fully saturated rings. The third kappa shape index (κ3) is 7.78. The second-order valence-electron chi connectivity index (χ2n) is 8.09. The van der Waals surface area contributed by atoms with Crippen molar-refractivity contribution in [2.75, 3.05) is 0 Å². The highest BCUT2D eigenvalue weighted by Gasteiger charge is 2.27. The first kappa shape index (κ1) is 20.9. The van der Waals surface area contributed by atoms with Crippen LogP contribution in [0.2, 0.25) is 0 Å². The van der Waals surface area contributed by atoms with Crippen LogP contribution in [0.1, 0.15) is 68.2 Å². The van der Waals surface area contributed by atoms with E-state index in [1.165, 1.54) is 0 Å². The predicted octanol–water partition coefficient (Wildman–Crippen LogP) is 3.05. The van der Waals surface area contributed by atoms with Crippen molar-refractivity contribution < 1.29 is 19.1 Å². The summed E-state index contributed by atoms with van der Waals surface area (Å²) in [5.74, 6) is -0.811. The molecule has 0 saturated carbocycles. The monoisotopic (exact) mass is 315 g/mol. The van der Waals surface area contributed by atoms with Crippen LogP contribution in [0.5, 0.6) is 0 Å². The third-order valence-electron chi connectivity index (χ3n) is 4.00. The van der Waals surface area contributed by atoms with Gasteiger partial charge in [-0.15, -0.1) is 0 Å². The summed E-state index contributed by atoms with van der Waals surface area (Å²) in [6, 6.07) is -0.803. The van der Waals surface area contributed by atoms with E-state index in [2.05, 4.69) is 0 Å². The van der Waals surface area contributed by atoms with Crippen molar-refractivity contribution in [2.24, 2.45) is 16.6 Å². The Balaban J connectivity index is 4.25. The predicted molar refractivity (Wildman–Crippen MR) is 87.2 cm³/mol. The second-order valence-corrected chi connectivity index (χ2v) is 8.09. The fraction of sp³-hybridized carbons (Fsp3) is 0.882. The molecule has 0 aliphatic carbocycles. The highest BCUT2D eigenvalue weighted by Crippen LogP contribution is 2.23. The zero-order chi connectivity index (χ0) is 17.7. The van der Waals surface area contributed by atoms with E-state index in [9.17, 15) is 9.59 Å². The Hall–Kier alpha value is -1.10. The van der Waals surface area contributed by atoms with Gasteiger partial charge in [-0.25, -0.2) is 0 Å². The molecule has 5 heteroatoms. The molecule has 0 spiro atoms. The SMILES string of the molecule is C[C@@H](OC(=O)CC[C@@H](N)C(=O)O[C@H](C)C(C)(C)C)C(C)(C)C. The van der Waals surface area contributed by atoms with Gasteiger partial charge in [0.1, 0.15) is 18.2 Å². The van der Waals surface area contributed by atoms with Crippen LogP contribution >= 0.6 is 0 Å². The molecular weight excluding hydrogens is 282 g/mol. The summed E-state index contributed by atoms with van der Waals surface area (Å²) in [5.41, 5.74) is 5.54. The Bertz CT molecular complexity index is 379. The fourth-order valence-electron chi connectivity index (χ4n) is 1.26. The van der Waals surface area contributed by atoms with Gasteiger partial charge in [0.25, 0.3) is 0 Å². The van der Waals surface area contributed by atoms with Crippen LogP contribution < -0.4 is 5.73 Å². The summed E-state index contributed by atoms with van der Waals surface area (Å²) in [5, 5.41) is 0. The van der Waals surface area contributed by atoms with Crippen molar-refractivity contribution in [2.45, 2.75) is 86.5 Å². The highest BCUT2D eigenvalue weighted by molar-refractivity contribution is 5.77. The first-order chi connectivity index (χ1) is 9.75. The van der Waals surface area contributed by atoms with E-state index in [1.54, 1.807) is 0 Å². The quantitative estimate of drug-likeness (QED) is 0.762. The molecule has 0 aromatic rings. The molecule has 0 rings (SSSR count). The molecule has 0 aromatic carbocycles. The van der Waals surface area contributed by atoms with Crippen LogP contribution in [-0.4, -0.2) is 30.2 Å². The lowest BCUT2D eigenvalue weighted by molar-refractivity contribution is -0.156. The average molecular weight is 315 g/mol. The number of esters is 2. The van der Waals surface area contributed by atoms with E-state index in [4.69, 9.17) is 15.2 Å². The number of carbonyl (C=O) groups excluding carboxylic acids is 2. The lowest BCUT2D eigenvalue weighted by atomic mass is 9.90. The van der Waals surface area contributed by atoms with Gasteiger partial charge in [-0.2, -0.15) is 0 Å². The zero-order valence-corrected chi connectivity index (χ0v) is 15.4. The number of hydrogen-bond donors (Lipinski definition) is 1. The van der Waals surface area contributed by atoms with Crippen molar-refractivity contribution in [3.8, 4) is 0 Å². The summed E-state index contributed by atoms with van der Waals surface area (Å²) >= 11 is 0. The summed E-state index contributed by atoms with van der Waals surface area (Å²) in [6.45, 7) is 15.7. The topological polar surface area (TPSA) is 78.6 Å². The highest BCUT2D eigenvalue weighted by atomic mass is 16.5. The summed E-state index contributed by atoms with van der Waals surface area (Å²) < 4.78 is 10.7. The molecular formula is C17H33NO4. The van der Waals surface area contributed by atoms with Crippen LogP contribution in [0.4, 0.5) is 0 Å². The van der Waals surface area contributed by atoms with Crippen molar-refractivity contribution in [3.63, 3.8) is 0 Å². The number of rotatable bonds is 6. The zero-order valence-electron chi connectivity index (χ0n) is 15.4. The minimum atomic E-state index is -0.803. The van der Waals surface area contributed by atoms with E-state index in [-0.39, 0.29) is 41.8 Å².